The Morgan fingerprint density at radius 1 is 1.13 bits per heavy atom. The maximum Gasteiger partial charge on any atom is 0.0244 e. The normalized spacial score (nSPS) is 41.8. The summed E-state index contributed by atoms with van der Waals surface area (Å²) in [5.74, 6) is 9.73. The molecule has 3 fully saturated rings. The summed E-state index contributed by atoms with van der Waals surface area (Å²) < 4.78 is 0. The average molecular weight is 208 g/mol. The summed E-state index contributed by atoms with van der Waals surface area (Å²) in [7, 11) is 0. The van der Waals surface area contributed by atoms with E-state index in [0.29, 0.717) is 6.04 Å². The van der Waals surface area contributed by atoms with Crippen LogP contribution in [0.3, 0.4) is 0 Å². The van der Waals surface area contributed by atoms with Crippen molar-refractivity contribution in [2.75, 3.05) is 0 Å². The Morgan fingerprint density at radius 3 is 2.47 bits per heavy atom. The highest BCUT2D eigenvalue weighted by Gasteiger charge is 2.43. The molecule has 0 aliphatic heterocycles. The van der Waals surface area contributed by atoms with E-state index < -0.39 is 0 Å². The van der Waals surface area contributed by atoms with Crippen molar-refractivity contribution in [3.8, 4) is 0 Å². The van der Waals surface area contributed by atoms with Crippen LogP contribution in [0.25, 0.3) is 0 Å². The van der Waals surface area contributed by atoms with E-state index in [-0.39, 0.29) is 0 Å². The number of hydrogen-bond donors (Lipinski definition) is 2. The number of hydrazine groups is 1. The van der Waals surface area contributed by atoms with Gasteiger partial charge in [-0.25, -0.2) is 0 Å². The summed E-state index contributed by atoms with van der Waals surface area (Å²) in [6, 6.07) is 0.630. The van der Waals surface area contributed by atoms with Crippen molar-refractivity contribution in [3.63, 3.8) is 0 Å². The van der Waals surface area contributed by atoms with Crippen LogP contribution in [0.15, 0.2) is 0 Å². The van der Waals surface area contributed by atoms with Crippen LogP contribution in [0, 0.1) is 23.7 Å². The second kappa shape index (κ2) is 4.06. The van der Waals surface area contributed by atoms with Crippen LogP contribution in [0.1, 0.15) is 51.4 Å². The van der Waals surface area contributed by atoms with Crippen molar-refractivity contribution >= 4 is 0 Å². The van der Waals surface area contributed by atoms with Crippen molar-refractivity contribution in [1.29, 1.82) is 0 Å². The van der Waals surface area contributed by atoms with Gasteiger partial charge < -0.3 is 0 Å². The molecule has 0 aromatic rings. The molecule has 3 aliphatic carbocycles. The molecule has 0 radical (unpaired) electrons. The van der Waals surface area contributed by atoms with Crippen LogP contribution < -0.4 is 11.3 Å². The number of rotatable bonds is 4. The Balaban J connectivity index is 1.58. The zero-order chi connectivity index (χ0) is 10.3. The van der Waals surface area contributed by atoms with Crippen LogP contribution in [0.5, 0.6) is 0 Å². The molecule has 0 aromatic heterocycles. The number of nitrogens with one attached hydrogen (secondary N) is 1. The summed E-state index contributed by atoms with van der Waals surface area (Å²) >= 11 is 0. The zero-order valence-corrected chi connectivity index (χ0v) is 9.62. The largest absolute Gasteiger partial charge is 0.271 e. The van der Waals surface area contributed by atoms with E-state index in [1.54, 1.807) is 0 Å². The molecule has 3 rings (SSSR count). The van der Waals surface area contributed by atoms with Crippen molar-refractivity contribution in [3.05, 3.63) is 0 Å². The Bertz CT molecular complexity index is 225. The summed E-state index contributed by atoms with van der Waals surface area (Å²) in [4.78, 5) is 0. The minimum absolute atomic E-state index is 0.630. The van der Waals surface area contributed by atoms with Gasteiger partial charge >= 0.3 is 0 Å². The maximum absolute atomic E-state index is 5.76. The Kier molecular flexibility index (Phi) is 2.73. The first-order valence-corrected chi connectivity index (χ1v) is 6.83. The molecular weight excluding hydrogens is 184 g/mol. The van der Waals surface area contributed by atoms with Crippen molar-refractivity contribution in [2.24, 2.45) is 29.5 Å². The third kappa shape index (κ3) is 1.83. The molecule has 0 amide bonds. The molecule has 15 heavy (non-hydrogen) atoms. The molecule has 2 heteroatoms. The van der Waals surface area contributed by atoms with E-state index in [0.717, 1.165) is 23.7 Å². The second-order valence-electron chi connectivity index (χ2n) is 6.14. The molecule has 3 N–H and O–H groups in total. The molecule has 4 atom stereocenters. The van der Waals surface area contributed by atoms with Gasteiger partial charge in [0.25, 0.3) is 0 Å². The van der Waals surface area contributed by atoms with Gasteiger partial charge in [-0.1, -0.05) is 25.7 Å². The first-order chi connectivity index (χ1) is 7.36. The molecule has 2 bridgehead atoms. The molecule has 86 valence electrons. The van der Waals surface area contributed by atoms with Gasteiger partial charge in [0.2, 0.25) is 0 Å². The first kappa shape index (κ1) is 10.1. The van der Waals surface area contributed by atoms with Gasteiger partial charge in [-0.15, -0.1) is 0 Å². The van der Waals surface area contributed by atoms with E-state index in [1.807, 2.05) is 0 Å². The van der Waals surface area contributed by atoms with Crippen LogP contribution in [0.2, 0.25) is 0 Å². The van der Waals surface area contributed by atoms with Crippen molar-refractivity contribution in [1.82, 2.24) is 5.43 Å². The highest BCUT2D eigenvalue weighted by molar-refractivity contribution is 4.95. The van der Waals surface area contributed by atoms with E-state index in [1.165, 1.54) is 51.4 Å². The quantitative estimate of drug-likeness (QED) is 0.550. The average Bonchev–Trinajstić information content (AvgIpc) is 2.77. The van der Waals surface area contributed by atoms with Gasteiger partial charge in [0, 0.05) is 6.04 Å². The first-order valence-electron chi connectivity index (χ1n) is 6.83. The van der Waals surface area contributed by atoms with Crippen LogP contribution >= 0.6 is 0 Å². The minimum atomic E-state index is 0.630. The highest BCUT2D eigenvalue weighted by Crippen LogP contribution is 2.50. The third-order valence-corrected chi connectivity index (χ3v) is 5.34. The number of nitrogens with two attached hydrogens (primary N) is 1. The number of fused-ring (bicyclic) bond motifs is 2. The minimum Gasteiger partial charge on any atom is -0.271 e. The molecule has 3 aliphatic rings. The SMILES string of the molecule is NNC(CC1CCC1)C1CC2CCC1C2. The van der Waals surface area contributed by atoms with Crippen LogP contribution in [-0.4, -0.2) is 6.04 Å². The summed E-state index contributed by atoms with van der Waals surface area (Å²) in [6.45, 7) is 0. The monoisotopic (exact) mass is 208 g/mol. The molecule has 0 spiro atoms. The molecule has 4 unspecified atom stereocenters. The smallest absolute Gasteiger partial charge is 0.0244 e. The Labute approximate surface area is 93.0 Å². The second-order valence-corrected chi connectivity index (χ2v) is 6.14. The lowest BCUT2D eigenvalue weighted by Crippen LogP contribution is -2.44. The molecule has 0 heterocycles. The summed E-state index contributed by atoms with van der Waals surface area (Å²) in [5, 5.41) is 0. The topological polar surface area (TPSA) is 38.0 Å². The predicted molar refractivity (Wildman–Crippen MR) is 62.0 cm³/mol. The number of hydrogen-bond acceptors (Lipinski definition) is 2. The highest BCUT2D eigenvalue weighted by atomic mass is 15.2. The zero-order valence-electron chi connectivity index (χ0n) is 9.62. The fraction of sp³-hybridized carbons (Fsp3) is 1.00. The third-order valence-electron chi connectivity index (χ3n) is 5.34. The van der Waals surface area contributed by atoms with Gasteiger partial charge in [-0.05, 0) is 49.4 Å². The van der Waals surface area contributed by atoms with Crippen LogP contribution in [0.4, 0.5) is 0 Å². The van der Waals surface area contributed by atoms with Crippen LogP contribution in [-0.2, 0) is 0 Å². The molecule has 0 saturated heterocycles. The van der Waals surface area contributed by atoms with E-state index in [9.17, 15) is 0 Å². The fourth-order valence-electron chi connectivity index (χ4n) is 4.24. The Hall–Kier alpha value is -0.0800. The van der Waals surface area contributed by atoms with Crippen molar-refractivity contribution < 1.29 is 0 Å². The summed E-state index contributed by atoms with van der Waals surface area (Å²) in [5.41, 5.74) is 3.13. The van der Waals surface area contributed by atoms with E-state index >= 15 is 0 Å². The lowest BCUT2D eigenvalue weighted by atomic mass is 9.75. The maximum atomic E-state index is 5.76. The molecule has 0 aromatic carbocycles. The van der Waals surface area contributed by atoms with Gasteiger partial charge in [0.1, 0.15) is 0 Å². The lowest BCUT2D eigenvalue weighted by molar-refractivity contribution is 0.183. The standard InChI is InChI=1S/C13H24N2/c14-15-13(8-9-2-1-3-9)12-7-10-4-5-11(12)6-10/h9-13,15H,1-8,14H2. The molecular formula is C13H24N2. The molecule has 2 nitrogen and oxygen atoms in total. The fourth-order valence-corrected chi connectivity index (χ4v) is 4.24. The molecule has 3 saturated carbocycles. The van der Waals surface area contributed by atoms with Gasteiger partial charge in [-0.3, -0.25) is 11.3 Å². The summed E-state index contributed by atoms with van der Waals surface area (Å²) in [6.07, 6.45) is 11.7. The lowest BCUT2D eigenvalue weighted by Gasteiger charge is -2.35. The van der Waals surface area contributed by atoms with Crippen molar-refractivity contribution in [2.45, 2.75) is 57.4 Å². The predicted octanol–water partition coefficient (Wildman–Crippen LogP) is 2.44. The Morgan fingerprint density at radius 2 is 2.00 bits per heavy atom. The van der Waals surface area contributed by atoms with E-state index in [2.05, 4.69) is 5.43 Å². The van der Waals surface area contributed by atoms with Gasteiger partial charge in [0.15, 0.2) is 0 Å². The van der Waals surface area contributed by atoms with Gasteiger partial charge in [-0.2, -0.15) is 0 Å². The van der Waals surface area contributed by atoms with Gasteiger partial charge in [0.05, 0.1) is 0 Å². The van der Waals surface area contributed by atoms with E-state index in [4.69, 9.17) is 5.84 Å².